The van der Waals surface area contributed by atoms with Crippen LogP contribution in [0.2, 0.25) is 0 Å². The van der Waals surface area contributed by atoms with Gasteiger partial charge in [0.2, 0.25) is 0 Å². The summed E-state index contributed by atoms with van der Waals surface area (Å²) in [6.07, 6.45) is 0. The molecule has 1 aromatic rings. The van der Waals surface area contributed by atoms with Crippen LogP contribution < -0.4 is 0 Å². The first-order valence-electron chi connectivity index (χ1n) is 5.11. The SMILES string of the molecule is COCC(c1ccccc1)N(C)CC(=O)O. The summed E-state index contributed by atoms with van der Waals surface area (Å²) < 4.78 is 5.13. The van der Waals surface area contributed by atoms with E-state index in [1.165, 1.54) is 0 Å². The highest BCUT2D eigenvalue weighted by atomic mass is 16.5. The Labute approximate surface area is 95.5 Å². The first-order valence-corrected chi connectivity index (χ1v) is 5.11. The molecule has 0 saturated carbocycles. The van der Waals surface area contributed by atoms with E-state index < -0.39 is 5.97 Å². The largest absolute Gasteiger partial charge is 0.480 e. The molecule has 0 saturated heterocycles. The third-order valence-corrected chi connectivity index (χ3v) is 2.43. The van der Waals surface area contributed by atoms with E-state index >= 15 is 0 Å². The van der Waals surface area contributed by atoms with Crippen LogP contribution in [0.1, 0.15) is 11.6 Å². The molecule has 0 aliphatic carbocycles. The van der Waals surface area contributed by atoms with Gasteiger partial charge < -0.3 is 9.84 Å². The summed E-state index contributed by atoms with van der Waals surface area (Å²) in [4.78, 5) is 12.4. The van der Waals surface area contributed by atoms with E-state index in [0.717, 1.165) is 5.56 Å². The zero-order valence-corrected chi connectivity index (χ0v) is 9.59. The van der Waals surface area contributed by atoms with Crippen LogP contribution >= 0.6 is 0 Å². The quantitative estimate of drug-likeness (QED) is 0.791. The lowest BCUT2D eigenvalue weighted by atomic mass is 10.1. The molecule has 1 aromatic carbocycles. The molecule has 0 heterocycles. The number of methoxy groups -OCH3 is 1. The van der Waals surface area contributed by atoms with E-state index in [4.69, 9.17) is 9.84 Å². The monoisotopic (exact) mass is 223 g/mol. The average Bonchev–Trinajstić information content (AvgIpc) is 2.26. The van der Waals surface area contributed by atoms with Gasteiger partial charge in [0.25, 0.3) is 0 Å². The molecule has 0 radical (unpaired) electrons. The summed E-state index contributed by atoms with van der Waals surface area (Å²) in [5, 5.41) is 8.77. The normalized spacial score (nSPS) is 12.7. The Balaban J connectivity index is 2.78. The minimum absolute atomic E-state index is 0.00290. The number of carboxylic acid groups (broad SMARTS) is 1. The number of hydrogen-bond acceptors (Lipinski definition) is 3. The van der Waals surface area contributed by atoms with Crippen molar-refractivity contribution in [1.82, 2.24) is 4.90 Å². The lowest BCUT2D eigenvalue weighted by Gasteiger charge is -2.26. The Kier molecular flexibility index (Phi) is 4.95. The van der Waals surface area contributed by atoms with Crippen molar-refractivity contribution in [2.45, 2.75) is 6.04 Å². The molecule has 0 fully saturated rings. The van der Waals surface area contributed by atoms with Crippen molar-refractivity contribution in [3.63, 3.8) is 0 Å². The van der Waals surface area contributed by atoms with Crippen LogP contribution in [0.5, 0.6) is 0 Å². The standard InChI is InChI=1S/C12H17NO3/c1-13(8-12(14)15)11(9-16-2)10-6-4-3-5-7-10/h3-7,11H,8-9H2,1-2H3,(H,14,15). The molecule has 0 aliphatic heterocycles. The minimum Gasteiger partial charge on any atom is -0.480 e. The van der Waals surface area contributed by atoms with Gasteiger partial charge in [0.05, 0.1) is 19.2 Å². The van der Waals surface area contributed by atoms with Crippen molar-refractivity contribution < 1.29 is 14.6 Å². The van der Waals surface area contributed by atoms with Crippen LogP contribution in [0.15, 0.2) is 30.3 Å². The molecule has 1 unspecified atom stereocenters. The van der Waals surface area contributed by atoms with E-state index in [1.54, 1.807) is 19.1 Å². The fraction of sp³-hybridized carbons (Fsp3) is 0.417. The lowest BCUT2D eigenvalue weighted by Crippen LogP contribution is -2.32. The fourth-order valence-corrected chi connectivity index (χ4v) is 1.63. The number of carbonyl (C=O) groups is 1. The van der Waals surface area contributed by atoms with E-state index in [-0.39, 0.29) is 12.6 Å². The van der Waals surface area contributed by atoms with Gasteiger partial charge in [-0.15, -0.1) is 0 Å². The molecular weight excluding hydrogens is 206 g/mol. The molecule has 4 nitrogen and oxygen atoms in total. The first kappa shape index (κ1) is 12.7. The van der Waals surface area contributed by atoms with Crippen LogP contribution in [-0.4, -0.2) is 43.3 Å². The molecule has 0 spiro atoms. The highest BCUT2D eigenvalue weighted by Crippen LogP contribution is 2.18. The Morgan fingerprint density at radius 1 is 1.44 bits per heavy atom. The van der Waals surface area contributed by atoms with Crippen molar-refractivity contribution in [2.75, 3.05) is 27.3 Å². The number of hydrogen-bond donors (Lipinski definition) is 1. The number of likely N-dealkylation sites (N-methyl/N-ethyl adjacent to an activating group) is 1. The molecule has 0 aromatic heterocycles. The maximum atomic E-state index is 10.7. The first-order chi connectivity index (χ1) is 7.65. The molecule has 16 heavy (non-hydrogen) atoms. The van der Waals surface area contributed by atoms with Crippen LogP contribution in [0, 0.1) is 0 Å². The number of rotatable bonds is 6. The number of carboxylic acids is 1. The van der Waals surface area contributed by atoms with E-state index in [0.29, 0.717) is 6.61 Å². The second-order valence-electron chi connectivity index (χ2n) is 3.69. The van der Waals surface area contributed by atoms with Crippen molar-refractivity contribution in [2.24, 2.45) is 0 Å². The molecule has 0 aliphatic rings. The van der Waals surface area contributed by atoms with Gasteiger partial charge in [0.15, 0.2) is 0 Å². The maximum Gasteiger partial charge on any atom is 0.317 e. The number of benzene rings is 1. The van der Waals surface area contributed by atoms with Gasteiger partial charge in [0.1, 0.15) is 0 Å². The summed E-state index contributed by atoms with van der Waals surface area (Å²) in [5.74, 6) is -0.834. The van der Waals surface area contributed by atoms with Gasteiger partial charge >= 0.3 is 5.97 Å². The van der Waals surface area contributed by atoms with Crippen molar-refractivity contribution in [3.8, 4) is 0 Å². The van der Waals surface area contributed by atoms with Crippen molar-refractivity contribution >= 4 is 5.97 Å². The van der Waals surface area contributed by atoms with Crippen LogP contribution in [0.3, 0.4) is 0 Å². The van der Waals surface area contributed by atoms with Gasteiger partial charge in [-0.3, -0.25) is 9.69 Å². The Bertz CT molecular complexity index is 326. The minimum atomic E-state index is -0.834. The smallest absolute Gasteiger partial charge is 0.317 e. The topological polar surface area (TPSA) is 49.8 Å². The predicted octanol–water partition coefficient (Wildman–Crippen LogP) is 1.39. The van der Waals surface area contributed by atoms with Crippen LogP contribution in [0.4, 0.5) is 0 Å². The highest BCUT2D eigenvalue weighted by molar-refractivity contribution is 5.69. The third kappa shape index (κ3) is 3.64. The van der Waals surface area contributed by atoms with Crippen molar-refractivity contribution in [3.05, 3.63) is 35.9 Å². The molecule has 4 heteroatoms. The number of aliphatic carboxylic acids is 1. The summed E-state index contributed by atoms with van der Waals surface area (Å²) in [6, 6.07) is 9.73. The molecule has 0 bridgehead atoms. The molecule has 0 amide bonds. The zero-order chi connectivity index (χ0) is 12.0. The molecular formula is C12H17NO3. The van der Waals surface area contributed by atoms with E-state index in [1.807, 2.05) is 30.3 Å². The third-order valence-electron chi connectivity index (χ3n) is 2.43. The van der Waals surface area contributed by atoms with E-state index in [9.17, 15) is 4.79 Å². The van der Waals surface area contributed by atoms with E-state index in [2.05, 4.69) is 0 Å². The molecule has 1 N–H and O–H groups in total. The second kappa shape index (κ2) is 6.25. The van der Waals surface area contributed by atoms with Gasteiger partial charge in [-0.25, -0.2) is 0 Å². The van der Waals surface area contributed by atoms with Crippen LogP contribution in [-0.2, 0) is 9.53 Å². The molecule has 1 rings (SSSR count). The lowest BCUT2D eigenvalue weighted by molar-refractivity contribution is -0.138. The zero-order valence-electron chi connectivity index (χ0n) is 9.59. The summed E-state index contributed by atoms with van der Waals surface area (Å²) in [7, 11) is 3.40. The van der Waals surface area contributed by atoms with Crippen LogP contribution in [0.25, 0.3) is 0 Å². The van der Waals surface area contributed by atoms with Crippen molar-refractivity contribution in [1.29, 1.82) is 0 Å². The second-order valence-corrected chi connectivity index (χ2v) is 3.69. The summed E-state index contributed by atoms with van der Waals surface area (Å²) in [5.41, 5.74) is 1.06. The van der Waals surface area contributed by atoms with Gasteiger partial charge in [0, 0.05) is 7.11 Å². The fourth-order valence-electron chi connectivity index (χ4n) is 1.63. The maximum absolute atomic E-state index is 10.7. The number of ether oxygens (including phenoxy) is 1. The molecule has 1 atom stereocenters. The highest BCUT2D eigenvalue weighted by Gasteiger charge is 2.18. The van der Waals surface area contributed by atoms with Gasteiger partial charge in [-0.2, -0.15) is 0 Å². The number of nitrogens with zero attached hydrogens (tertiary/aromatic N) is 1. The Morgan fingerprint density at radius 3 is 2.56 bits per heavy atom. The van der Waals surface area contributed by atoms with Gasteiger partial charge in [-0.05, 0) is 12.6 Å². The summed E-state index contributed by atoms with van der Waals surface area (Å²) in [6.45, 7) is 0.483. The summed E-state index contributed by atoms with van der Waals surface area (Å²) >= 11 is 0. The molecule has 88 valence electrons. The average molecular weight is 223 g/mol. The van der Waals surface area contributed by atoms with Gasteiger partial charge in [-0.1, -0.05) is 30.3 Å². The Hall–Kier alpha value is -1.39. The Morgan fingerprint density at radius 2 is 2.06 bits per heavy atom. The predicted molar refractivity (Wildman–Crippen MR) is 61.3 cm³/mol.